The van der Waals surface area contributed by atoms with Gasteiger partial charge in [0.05, 0.1) is 0 Å². The average molecular weight is 220 g/mol. The predicted octanol–water partition coefficient (Wildman–Crippen LogP) is 1.19. The van der Waals surface area contributed by atoms with Gasteiger partial charge in [-0.15, -0.1) is 0 Å². The second-order valence-electron chi connectivity index (χ2n) is 4.05. The Balaban J connectivity index is 1.91. The van der Waals surface area contributed by atoms with Crippen LogP contribution in [0, 0.1) is 6.92 Å². The molecule has 0 aliphatic carbocycles. The van der Waals surface area contributed by atoms with E-state index in [0.29, 0.717) is 5.69 Å². The smallest absolute Gasteiger partial charge is 0.260 e. The number of carbonyl (C=O) groups excluding carboxylic acids is 1. The molecule has 1 fully saturated rings. The molecule has 1 heterocycles. The van der Waals surface area contributed by atoms with Crippen molar-refractivity contribution in [2.24, 2.45) is 0 Å². The van der Waals surface area contributed by atoms with Gasteiger partial charge in [0.1, 0.15) is 5.75 Å². The molecule has 1 aromatic rings. The van der Waals surface area contributed by atoms with Crippen molar-refractivity contribution in [1.82, 2.24) is 4.90 Å². The van der Waals surface area contributed by atoms with Gasteiger partial charge in [0, 0.05) is 18.8 Å². The van der Waals surface area contributed by atoms with Crippen LogP contribution in [-0.4, -0.2) is 30.5 Å². The zero-order valence-corrected chi connectivity index (χ0v) is 9.40. The number of hydrogen-bond donors (Lipinski definition) is 1. The van der Waals surface area contributed by atoms with Gasteiger partial charge in [0.25, 0.3) is 5.91 Å². The monoisotopic (exact) mass is 220 g/mol. The fourth-order valence-electron chi connectivity index (χ4n) is 1.63. The lowest BCUT2D eigenvalue weighted by Crippen LogP contribution is -2.44. The second kappa shape index (κ2) is 4.43. The van der Waals surface area contributed by atoms with E-state index in [2.05, 4.69) is 0 Å². The van der Waals surface area contributed by atoms with Crippen LogP contribution in [-0.2, 0) is 4.79 Å². The highest BCUT2D eigenvalue weighted by atomic mass is 16.5. The largest absolute Gasteiger partial charge is 0.483 e. The Hall–Kier alpha value is -1.71. The first-order chi connectivity index (χ1) is 7.66. The Morgan fingerprint density at radius 3 is 2.81 bits per heavy atom. The third kappa shape index (κ3) is 2.27. The molecule has 16 heavy (non-hydrogen) atoms. The van der Waals surface area contributed by atoms with E-state index >= 15 is 0 Å². The molecule has 1 saturated heterocycles. The minimum atomic E-state index is 0.0578. The third-order valence-corrected chi connectivity index (χ3v) is 2.76. The van der Waals surface area contributed by atoms with Crippen LogP contribution in [0.5, 0.6) is 5.75 Å². The summed E-state index contributed by atoms with van der Waals surface area (Å²) in [6.07, 6.45) is 1.10. The van der Waals surface area contributed by atoms with Crippen molar-refractivity contribution in [1.29, 1.82) is 0 Å². The number of benzene rings is 1. The van der Waals surface area contributed by atoms with Gasteiger partial charge >= 0.3 is 0 Å². The molecule has 1 aliphatic heterocycles. The topological polar surface area (TPSA) is 55.6 Å². The lowest BCUT2D eigenvalue weighted by Gasteiger charge is -2.30. The minimum Gasteiger partial charge on any atom is -0.483 e. The van der Waals surface area contributed by atoms with Crippen molar-refractivity contribution in [2.75, 3.05) is 25.4 Å². The number of nitrogen functional groups attached to an aromatic ring is 1. The summed E-state index contributed by atoms with van der Waals surface area (Å²) in [7, 11) is 0. The van der Waals surface area contributed by atoms with Gasteiger partial charge in [-0.2, -0.15) is 0 Å². The maximum Gasteiger partial charge on any atom is 0.260 e. The maximum atomic E-state index is 11.6. The van der Waals surface area contributed by atoms with E-state index in [4.69, 9.17) is 10.5 Å². The van der Waals surface area contributed by atoms with E-state index in [1.807, 2.05) is 13.0 Å². The van der Waals surface area contributed by atoms with Crippen LogP contribution in [0.1, 0.15) is 12.0 Å². The molecule has 0 bridgehead atoms. The van der Waals surface area contributed by atoms with Crippen molar-refractivity contribution < 1.29 is 9.53 Å². The first-order valence-corrected chi connectivity index (χ1v) is 5.43. The van der Waals surface area contributed by atoms with Crippen molar-refractivity contribution in [2.45, 2.75) is 13.3 Å². The molecule has 4 heteroatoms. The van der Waals surface area contributed by atoms with Crippen molar-refractivity contribution in [3.63, 3.8) is 0 Å². The first-order valence-electron chi connectivity index (χ1n) is 5.43. The Labute approximate surface area is 95.0 Å². The van der Waals surface area contributed by atoms with Gasteiger partial charge in [-0.25, -0.2) is 0 Å². The third-order valence-electron chi connectivity index (χ3n) is 2.76. The fraction of sp³-hybridized carbons (Fsp3) is 0.417. The van der Waals surface area contributed by atoms with E-state index in [0.717, 1.165) is 30.8 Å². The molecule has 0 saturated carbocycles. The van der Waals surface area contributed by atoms with Gasteiger partial charge in [0.2, 0.25) is 0 Å². The number of nitrogens with zero attached hydrogens (tertiary/aromatic N) is 1. The summed E-state index contributed by atoms with van der Waals surface area (Å²) in [5, 5.41) is 0. The molecular formula is C12H16N2O2. The van der Waals surface area contributed by atoms with Crippen molar-refractivity contribution in [3.8, 4) is 5.75 Å². The number of rotatable bonds is 3. The Kier molecular flexibility index (Phi) is 2.99. The summed E-state index contributed by atoms with van der Waals surface area (Å²) in [5.74, 6) is 0.783. The van der Waals surface area contributed by atoms with Crippen LogP contribution < -0.4 is 10.5 Å². The number of likely N-dealkylation sites (tertiary alicyclic amines) is 1. The zero-order valence-electron chi connectivity index (χ0n) is 9.40. The average Bonchev–Trinajstić information content (AvgIpc) is 2.13. The highest BCUT2D eigenvalue weighted by Crippen LogP contribution is 2.20. The minimum absolute atomic E-state index is 0.0578. The molecule has 2 rings (SSSR count). The molecule has 0 unspecified atom stereocenters. The summed E-state index contributed by atoms with van der Waals surface area (Å²) >= 11 is 0. The van der Waals surface area contributed by atoms with Gasteiger partial charge in [-0.05, 0) is 37.1 Å². The van der Waals surface area contributed by atoms with Crippen LogP contribution in [0.2, 0.25) is 0 Å². The summed E-state index contributed by atoms with van der Waals surface area (Å²) in [5.41, 5.74) is 7.29. The molecule has 1 aromatic carbocycles. The van der Waals surface area contributed by atoms with Crippen LogP contribution in [0.4, 0.5) is 5.69 Å². The molecule has 1 aliphatic rings. The summed E-state index contributed by atoms with van der Waals surface area (Å²) in [4.78, 5) is 13.4. The molecular weight excluding hydrogens is 204 g/mol. The molecule has 4 nitrogen and oxygen atoms in total. The molecule has 86 valence electrons. The van der Waals surface area contributed by atoms with Gasteiger partial charge in [0.15, 0.2) is 6.61 Å². The van der Waals surface area contributed by atoms with Crippen LogP contribution in [0.3, 0.4) is 0 Å². The number of ether oxygens (including phenoxy) is 1. The number of nitrogens with two attached hydrogens (primary N) is 1. The van der Waals surface area contributed by atoms with Crippen LogP contribution >= 0.6 is 0 Å². The lowest BCUT2D eigenvalue weighted by molar-refractivity contribution is -0.136. The Bertz CT molecular complexity index is 400. The number of amides is 1. The van der Waals surface area contributed by atoms with E-state index in [-0.39, 0.29) is 12.5 Å². The Morgan fingerprint density at radius 2 is 2.25 bits per heavy atom. The SMILES string of the molecule is Cc1cc(N)ccc1OCC(=O)N1CCC1. The Morgan fingerprint density at radius 1 is 1.50 bits per heavy atom. The number of hydrogen-bond acceptors (Lipinski definition) is 3. The molecule has 0 aromatic heterocycles. The second-order valence-corrected chi connectivity index (χ2v) is 4.05. The molecule has 1 amide bonds. The van der Waals surface area contributed by atoms with Crippen LogP contribution in [0.25, 0.3) is 0 Å². The van der Waals surface area contributed by atoms with Crippen LogP contribution in [0.15, 0.2) is 18.2 Å². The number of carbonyl (C=O) groups is 1. The molecule has 0 atom stereocenters. The molecule has 2 N–H and O–H groups in total. The zero-order chi connectivity index (χ0) is 11.5. The van der Waals surface area contributed by atoms with Crippen molar-refractivity contribution >= 4 is 11.6 Å². The van der Waals surface area contributed by atoms with E-state index < -0.39 is 0 Å². The highest BCUT2D eigenvalue weighted by molar-refractivity contribution is 5.78. The maximum absolute atomic E-state index is 11.6. The molecule has 0 spiro atoms. The first kappa shape index (κ1) is 10.8. The standard InChI is InChI=1S/C12H16N2O2/c1-9-7-10(13)3-4-11(9)16-8-12(15)14-5-2-6-14/h3-4,7H,2,5-6,8,13H2,1H3. The van der Waals surface area contributed by atoms with E-state index in [9.17, 15) is 4.79 Å². The summed E-state index contributed by atoms with van der Waals surface area (Å²) in [6.45, 7) is 3.76. The summed E-state index contributed by atoms with van der Waals surface area (Å²) in [6, 6.07) is 5.41. The number of anilines is 1. The lowest BCUT2D eigenvalue weighted by atomic mass is 10.2. The van der Waals surface area contributed by atoms with Gasteiger partial charge in [-0.1, -0.05) is 0 Å². The highest BCUT2D eigenvalue weighted by Gasteiger charge is 2.20. The van der Waals surface area contributed by atoms with E-state index in [1.165, 1.54) is 0 Å². The van der Waals surface area contributed by atoms with Crippen molar-refractivity contribution in [3.05, 3.63) is 23.8 Å². The van der Waals surface area contributed by atoms with Gasteiger partial charge < -0.3 is 15.4 Å². The normalized spacial score (nSPS) is 14.4. The van der Waals surface area contributed by atoms with E-state index in [1.54, 1.807) is 17.0 Å². The quantitative estimate of drug-likeness (QED) is 0.778. The predicted molar refractivity (Wildman–Crippen MR) is 62.3 cm³/mol. The van der Waals surface area contributed by atoms with Gasteiger partial charge in [-0.3, -0.25) is 4.79 Å². The summed E-state index contributed by atoms with van der Waals surface area (Å²) < 4.78 is 5.46. The molecule has 0 radical (unpaired) electrons. The number of aryl methyl sites for hydroxylation is 1. The fourth-order valence-corrected chi connectivity index (χ4v) is 1.63.